The predicted molar refractivity (Wildman–Crippen MR) is 65.9 cm³/mol. The molecule has 16 heavy (non-hydrogen) atoms. The number of methoxy groups -OCH3 is 1. The lowest BCUT2D eigenvalue weighted by atomic mass is 10.2. The van der Waals surface area contributed by atoms with Gasteiger partial charge in [0.25, 0.3) is 0 Å². The second-order valence-corrected chi connectivity index (χ2v) is 3.59. The molecule has 0 aliphatic rings. The lowest BCUT2D eigenvalue weighted by molar-refractivity contribution is 0.00443. The van der Waals surface area contributed by atoms with Crippen LogP contribution in [-0.4, -0.2) is 64.2 Å². The molecule has 0 aromatic heterocycles. The monoisotopic (exact) mass is 233 g/mol. The molecule has 0 saturated heterocycles. The normalized spacial score (nSPS) is 11.6. The molecule has 0 aliphatic heterocycles. The highest BCUT2D eigenvalue weighted by Gasteiger charge is 2.16. The van der Waals surface area contributed by atoms with E-state index in [1.807, 2.05) is 13.8 Å². The number of nitrogens with zero attached hydrogens (tertiary/aromatic N) is 1. The molecule has 0 aliphatic carbocycles. The van der Waals surface area contributed by atoms with E-state index in [1.165, 1.54) is 0 Å². The van der Waals surface area contributed by atoms with Crippen molar-refractivity contribution in [3.8, 4) is 0 Å². The van der Waals surface area contributed by atoms with Crippen LogP contribution < -0.4 is 0 Å². The van der Waals surface area contributed by atoms with Crippen molar-refractivity contribution < 1.29 is 14.2 Å². The average Bonchev–Trinajstić information content (AvgIpc) is 2.32. The third-order valence-electron chi connectivity index (χ3n) is 2.53. The standard InChI is InChI=1S/C12H27NO3/c1-5-13(8-9-14-4)12(10-15-6-2)11-16-7-3/h12H,5-11H2,1-4H3. The molecule has 0 saturated carbocycles. The number of hydrogen-bond donors (Lipinski definition) is 0. The SMILES string of the molecule is CCOCC(COCC)N(CC)CCOC. The number of likely N-dealkylation sites (N-methyl/N-ethyl adjacent to an activating group) is 1. The number of ether oxygens (including phenoxy) is 3. The molecule has 98 valence electrons. The van der Waals surface area contributed by atoms with Gasteiger partial charge in [-0.2, -0.15) is 0 Å². The molecule has 0 rings (SSSR count). The summed E-state index contributed by atoms with van der Waals surface area (Å²) in [6.45, 7) is 11.8. The van der Waals surface area contributed by atoms with Gasteiger partial charge in [0.15, 0.2) is 0 Å². The first-order chi connectivity index (χ1) is 7.79. The smallest absolute Gasteiger partial charge is 0.0644 e. The zero-order chi connectivity index (χ0) is 12.2. The third-order valence-corrected chi connectivity index (χ3v) is 2.53. The molecule has 0 amide bonds. The van der Waals surface area contributed by atoms with Crippen LogP contribution in [0.1, 0.15) is 20.8 Å². The van der Waals surface area contributed by atoms with E-state index in [0.29, 0.717) is 6.04 Å². The molecule has 0 aromatic carbocycles. The lowest BCUT2D eigenvalue weighted by Gasteiger charge is -2.30. The molecule has 0 unspecified atom stereocenters. The maximum absolute atomic E-state index is 5.49. The van der Waals surface area contributed by atoms with Crippen LogP contribution in [0.4, 0.5) is 0 Å². The number of hydrogen-bond acceptors (Lipinski definition) is 4. The van der Waals surface area contributed by atoms with Crippen LogP contribution in [0.15, 0.2) is 0 Å². The summed E-state index contributed by atoms with van der Waals surface area (Å²) < 4.78 is 16.1. The Morgan fingerprint density at radius 1 is 1.00 bits per heavy atom. The second kappa shape index (κ2) is 11.3. The minimum absolute atomic E-state index is 0.333. The lowest BCUT2D eigenvalue weighted by Crippen LogP contribution is -2.43. The van der Waals surface area contributed by atoms with Gasteiger partial charge >= 0.3 is 0 Å². The van der Waals surface area contributed by atoms with E-state index in [9.17, 15) is 0 Å². The van der Waals surface area contributed by atoms with Gasteiger partial charge in [-0.15, -0.1) is 0 Å². The van der Waals surface area contributed by atoms with Crippen molar-refractivity contribution >= 4 is 0 Å². The topological polar surface area (TPSA) is 30.9 Å². The Balaban J connectivity index is 4.06. The average molecular weight is 233 g/mol. The van der Waals surface area contributed by atoms with Crippen molar-refractivity contribution in [2.45, 2.75) is 26.8 Å². The van der Waals surface area contributed by atoms with Crippen LogP contribution in [0.3, 0.4) is 0 Å². The molecular weight excluding hydrogens is 206 g/mol. The van der Waals surface area contributed by atoms with Crippen LogP contribution in [0.5, 0.6) is 0 Å². The summed E-state index contributed by atoms with van der Waals surface area (Å²) in [6, 6.07) is 0.333. The molecule has 0 heterocycles. The predicted octanol–water partition coefficient (Wildman–Crippen LogP) is 1.40. The zero-order valence-electron chi connectivity index (χ0n) is 11.2. The van der Waals surface area contributed by atoms with Gasteiger partial charge in [-0.25, -0.2) is 0 Å². The fourth-order valence-corrected chi connectivity index (χ4v) is 1.57. The zero-order valence-corrected chi connectivity index (χ0v) is 11.2. The summed E-state index contributed by atoms with van der Waals surface area (Å²) in [5.41, 5.74) is 0. The van der Waals surface area contributed by atoms with Gasteiger partial charge in [-0.1, -0.05) is 6.92 Å². The fourth-order valence-electron chi connectivity index (χ4n) is 1.57. The maximum atomic E-state index is 5.49. The van der Waals surface area contributed by atoms with Crippen LogP contribution in [0, 0.1) is 0 Å². The molecule has 0 atom stereocenters. The van der Waals surface area contributed by atoms with Crippen molar-refractivity contribution in [1.82, 2.24) is 4.90 Å². The quantitative estimate of drug-likeness (QED) is 0.540. The Morgan fingerprint density at radius 3 is 1.94 bits per heavy atom. The molecule has 0 radical (unpaired) electrons. The third kappa shape index (κ3) is 7.17. The minimum Gasteiger partial charge on any atom is -0.383 e. The number of rotatable bonds is 11. The van der Waals surface area contributed by atoms with Crippen molar-refractivity contribution in [1.29, 1.82) is 0 Å². The highest BCUT2D eigenvalue weighted by atomic mass is 16.5. The summed E-state index contributed by atoms with van der Waals surface area (Å²) in [6.07, 6.45) is 0. The van der Waals surface area contributed by atoms with Crippen molar-refractivity contribution in [3.05, 3.63) is 0 Å². The van der Waals surface area contributed by atoms with E-state index in [2.05, 4.69) is 11.8 Å². The Hall–Kier alpha value is -0.160. The molecule has 0 aromatic rings. The van der Waals surface area contributed by atoms with Gasteiger partial charge in [0.05, 0.1) is 25.9 Å². The first-order valence-electron chi connectivity index (χ1n) is 6.18. The Kier molecular flexibility index (Phi) is 11.2. The van der Waals surface area contributed by atoms with Crippen molar-refractivity contribution in [2.24, 2.45) is 0 Å². The summed E-state index contributed by atoms with van der Waals surface area (Å²) >= 11 is 0. The molecule has 0 N–H and O–H groups in total. The molecule has 4 nitrogen and oxygen atoms in total. The summed E-state index contributed by atoms with van der Waals surface area (Å²) in [5.74, 6) is 0. The summed E-state index contributed by atoms with van der Waals surface area (Å²) in [4.78, 5) is 2.34. The van der Waals surface area contributed by atoms with E-state index in [0.717, 1.165) is 46.1 Å². The maximum Gasteiger partial charge on any atom is 0.0644 e. The van der Waals surface area contributed by atoms with Gasteiger partial charge in [0, 0.05) is 26.9 Å². The first kappa shape index (κ1) is 15.8. The van der Waals surface area contributed by atoms with Gasteiger partial charge in [-0.3, -0.25) is 4.90 Å². The van der Waals surface area contributed by atoms with Crippen molar-refractivity contribution in [2.75, 3.05) is 53.2 Å². The highest BCUT2D eigenvalue weighted by molar-refractivity contribution is 4.70. The fraction of sp³-hybridized carbons (Fsp3) is 1.00. The second-order valence-electron chi connectivity index (χ2n) is 3.59. The molecule has 0 fully saturated rings. The molecular formula is C12H27NO3. The molecule has 0 bridgehead atoms. The van der Waals surface area contributed by atoms with E-state index < -0.39 is 0 Å². The highest BCUT2D eigenvalue weighted by Crippen LogP contribution is 2.02. The summed E-state index contributed by atoms with van der Waals surface area (Å²) in [7, 11) is 1.73. The first-order valence-corrected chi connectivity index (χ1v) is 6.18. The van der Waals surface area contributed by atoms with E-state index in [4.69, 9.17) is 14.2 Å². The van der Waals surface area contributed by atoms with Crippen LogP contribution in [0.25, 0.3) is 0 Å². The molecule has 0 spiro atoms. The van der Waals surface area contributed by atoms with Crippen molar-refractivity contribution in [3.63, 3.8) is 0 Å². The minimum atomic E-state index is 0.333. The van der Waals surface area contributed by atoms with E-state index in [-0.39, 0.29) is 0 Å². The summed E-state index contributed by atoms with van der Waals surface area (Å²) in [5, 5.41) is 0. The van der Waals surface area contributed by atoms with Crippen LogP contribution in [0.2, 0.25) is 0 Å². The van der Waals surface area contributed by atoms with Crippen LogP contribution in [-0.2, 0) is 14.2 Å². The van der Waals surface area contributed by atoms with Gasteiger partial charge < -0.3 is 14.2 Å². The van der Waals surface area contributed by atoms with E-state index >= 15 is 0 Å². The Labute approximate surface area is 99.9 Å². The van der Waals surface area contributed by atoms with Gasteiger partial charge in [-0.05, 0) is 20.4 Å². The Bertz CT molecular complexity index is 136. The van der Waals surface area contributed by atoms with Gasteiger partial charge in [0.1, 0.15) is 0 Å². The molecule has 4 heteroatoms. The van der Waals surface area contributed by atoms with Crippen LogP contribution >= 0.6 is 0 Å². The van der Waals surface area contributed by atoms with E-state index in [1.54, 1.807) is 7.11 Å². The van der Waals surface area contributed by atoms with Gasteiger partial charge in [0.2, 0.25) is 0 Å². The largest absolute Gasteiger partial charge is 0.383 e. The Morgan fingerprint density at radius 2 is 1.56 bits per heavy atom.